The number of aromatic carboxylic acids is 1. The Hall–Kier alpha value is -14.2. The Bertz CT molecular complexity index is 6010. The molecule has 25 nitrogen and oxygen atoms in total. The fourth-order valence-electron chi connectivity index (χ4n) is 14.0. The van der Waals surface area contributed by atoms with E-state index in [9.17, 15) is 73.1 Å². The molecule has 113 heavy (non-hydrogen) atoms. The van der Waals surface area contributed by atoms with Gasteiger partial charge >= 0.3 is 25.8 Å². The fourth-order valence-corrected chi connectivity index (χ4v) is 14.0. The molecular weight excluding hydrogens is 1500 g/mol. The summed E-state index contributed by atoms with van der Waals surface area (Å²) in [5.74, 6) is -2.74. The van der Waals surface area contributed by atoms with Crippen LogP contribution in [0.15, 0.2) is 151 Å². The average molecular weight is 1560 g/mol. The smallest absolute Gasteiger partial charge is 0.387 e. The van der Waals surface area contributed by atoms with E-state index in [0.717, 1.165) is 61.7 Å². The monoisotopic (exact) mass is 1560 g/mol. The number of nitrogens with one attached hydrogen (secondary N) is 1. The topological polar surface area (TPSA) is 330 Å². The molecule has 0 amide bonds. The second-order valence-corrected chi connectivity index (χ2v) is 25.8. The number of aliphatic imine (C=N–C) groups is 1. The van der Waals surface area contributed by atoms with Crippen molar-refractivity contribution in [2.45, 2.75) is 82.9 Å². The number of halogens is 12. The van der Waals surface area contributed by atoms with Crippen LogP contribution in [0.25, 0.3) is 39.4 Å². The van der Waals surface area contributed by atoms with Gasteiger partial charge in [-0.3, -0.25) is 4.99 Å². The van der Waals surface area contributed by atoms with Gasteiger partial charge in [0.2, 0.25) is 0 Å². The van der Waals surface area contributed by atoms with Crippen LogP contribution in [-0.2, 0) is 6.42 Å². The van der Waals surface area contributed by atoms with E-state index >= 15 is 0 Å². The number of carboxylic acids is 1. The molecule has 3 fully saturated rings. The van der Waals surface area contributed by atoms with Crippen molar-refractivity contribution in [1.82, 2.24) is 53.8 Å². The van der Waals surface area contributed by atoms with E-state index < -0.39 is 60.7 Å². The lowest BCUT2D eigenvalue weighted by Crippen LogP contribution is -2.24. The zero-order chi connectivity index (χ0) is 79.6. The summed E-state index contributed by atoms with van der Waals surface area (Å²) in [4.78, 5) is 43.1. The maximum atomic E-state index is 14.6. The molecule has 3 atom stereocenters. The molecule has 0 bridgehead atoms. The van der Waals surface area contributed by atoms with Gasteiger partial charge in [0.15, 0.2) is 16.9 Å². The summed E-state index contributed by atoms with van der Waals surface area (Å²) in [7, 11) is 0. The second-order valence-electron chi connectivity index (χ2n) is 25.8. The van der Waals surface area contributed by atoms with Gasteiger partial charge in [-0.2, -0.15) is 57.4 Å². The van der Waals surface area contributed by atoms with E-state index in [4.69, 9.17) is 26.7 Å². The van der Waals surface area contributed by atoms with Crippen molar-refractivity contribution in [3.05, 3.63) is 231 Å². The Kier molecular flexibility index (Phi) is 21.3. The number of H-pyrrole nitrogens is 1. The van der Waals surface area contributed by atoms with Crippen molar-refractivity contribution >= 4 is 74.2 Å². The number of nitrogens with two attached hydrogens (primary N) is 2. The Morgan fingerprint density at radius 2 is 0.920 bits per heavy atom. The van der Waals surface area contributed by atoms with Crippen LogP contribution in [0.1, 0.15) is 112 Å². The van der Waals surface area contributed by atoms with Crippen LogP contribution in [0.4, 0.5) is 87.2 Å². The van der Waals surface area contributed by atoms with Crippen LogP contribution >= 0.6 is 0 Å². The molecule has 4 aliphatic rings. The first-order valence-corrected chi connectivity index (χ1v) is 34.3. The van der Waals surface area contributed by atoms with Crippen LogP contribution < -0.4 is 40.4 Å². The maximum Gasteiger partial charge on any atom is 0.387 e. The normalized spacial score (nSPS) is 15.7. The van der Waals surface area contributed by atoms with Gasteiger partial charge in [-0.1, -0.05) is 0 Å². The van der Waals surface area contributed by atoms with E-state index in [1.807, 2.05) is 26.8 Å². The molecule has 6 aromatic carbocycles. The van der Waals surface area contributed by atoms with Gasteiger partial charge in [0, 0.05) is 79.5 Å². The predicted molar refractivity (Wildman–Crippen MR) is 384 cm³/mol. The van der Waals surface area contributed by atoms with E-state index in [1.165, 1.54) is 59.2 Å². The zero-order valence-electron chi connectivity index (χ0n) is 58.3. The van der Waals surface area contributed by atoms with Crippen molar-refractivity contribution in [3.63, 3.8) is 0 Å². The first kappa shape index (κ1) is 75.6. The van der Waals surface area contributed by atoms with Gasteiger partial charge in [0.25, 0.3) is 0 Å². The highest BCUT2D eigenvalue weighted by Crippen LogP contribution is 2.43. The third kappa shape index (κ3) is 15.7. The van der Waals surface area contributed by atoms with Crippen molar-refractivity contribution in [2.24, 2.45) is 4.99 Å². The number of carbonyl (C=O) groups is 1. The molecular formula is C76H56F12N20O5. The Morgan fingerprint density at radius 1 is 0.504 bits per heavy atom. The zero-order valence-corrected chi connectivity index (χ0v) is 58.3. The van der Waals surface area contributed by atoms with Crippen LogP contribution in [0.3, 0.4) is 0 Å². The molecule has 0 saturated carbocycles. The van der Waals surface area contributed by atoms with Crippen LogP contribution in [0.5, 0.6) is 17.2 Å². The summed E-state index contributed by atoms with van der Waals surface area (Å²) in [5.41, 5.74) is 16.6. The molecule has 0 radical (unpaired) electrons. The lowest BCUT2D eigenvalue weighted by atomic mass is 10.0. The Labute approximate surface area is 630 Å². The average Bonchev–Trinajstić information content (AvgIpc) is 1.62. The summed E-state index contributed by atoms with van der Waals surface area (Å²) in [6.07, 6.45) is 14.2. The largest absolute Gasteiger partial charge is 0.477 e. The molecule has 17 rings (SSSR count). The number of anilines is 5. The van der Waals surface area contributed by atoms with Crippen LogP contribution in [-0.4, -0.2) is 110 Å². The van der Waals surface area contributed by atoms with Crippen molar-refractivity contribution in [2.75, 3.05) is 45.8 Å². The summed E-state index contributed by atoms with van der Waals surface area (Å²) < 4.78 is 177. The molecule has 3 saturated heterocycles. The minimum atomic E-state index is -3.08. The molecule has 13 aromatic rings. The highest BCUT2D eigenvalue weighted by Gasteiger charge is 2.35. The number of ether oxygens (including phenoxy) is 3. The van der Waals surface area contributed by atoms with E-state index in [0.29, 0.717) is 125 Å². The molecule has 11 heterocycles. The number of nitrogens with zero attached hydrogens (tertiary/aromatic N) is 17. The number of hydrogen-bond donors (Lipinski definition) is 4. The summed E-state index contributed by atoms with van der Waals surface area (Å²) in [5, 5.41) is 49.1. The van der Waals surface area contributed by atoms with E-state index in [1.54, 1.807) is 64.3 Å². The third-order valence-corrected chi connectivity index (χ3v) is 19.0. The highest BCUT2D eigenvalue weighted by molar-refractivity contribution is 6.10. The quantitative estimate of drug-likeness (QED) is 0.0547. The summed E-state index contributed by atoms with van der Waals surface area (Å²) in [6.45, 7) is -7.27. The van der Waals surface area contributed by atoms with Crippen molar-refractivity contribution in [3.8, 4) is 46.8 Å². The van der Waals surface area contributed by atoms with Gasteiger partial charge < -0.3 is 50.5 Å². The number of carboxylic acid groups (broad SMARTS) is 1. The predicted octanol–water partition coefficient (Wildman–Crippen LogP) is 15.2. The van der Waals surface area contributed by atoms with E-state index in [-0.39, 0.29) is 85.8 Å². The minimum absolute atomic E-state index is 0.000400. The van der Waals surface area contributed by atoms with Crippen LogP contribution in [0.2, 0.25) is 0 Å². The number of aromatic nitrogens is 11. The molecule has 0 unspecified atom stereocenters. The van der Waals surface area contributed by atoms with E-state index in [2.05, 4.69) is 49.5 Å². The third-order valence-electron chi connectivity index (χ3n) is 19.0. The minimum Gasteiger partial charge on any atom is -0.477 e. The molecule has 574 valence electrons. The molecule has 7 aromatic heterocycles. The van der Waals surface area contributed by atoms with Gasteiger partial charge in [0.1, 0.15) is 99.2 Å². The van der Waals surface area contributed by atoms with Gasteiger partial charge in [-0.25, -0.2) is 64.6 Å². The lowest BCUT2D eigenvalue weighted by Gasteiger charge is -2.26. The SMILES string of the molecule is N#Cc1cc(N)c(N)cc1OC(F)F.N#Cc1cc2[nH]c(-c3cnn4ccc(N5CCC[C@@H]5c5cc(F)ccc5F)nc34)nc2cc1OC(F)F.N#Cc1cc2c(cc1OC(F)F)N=C(c1cnn3ccc(N4CCC[C@@H]4c4cc(F)ccc4F)nc13)C2.O=C(O)c1cnn2ccc(N3CCC[C@@H]3c3cc(F)ccc3F)nc12. The van der Waals surface area contributed by atoms with Crippen molar-refractivity contribution in [1.29, 1.82) is 15.8 Å². The Morgan fingerprint density at radius 3 is 1.40 bits per heavy atom. The molecule has 0 aliphatic carbocycles. The number of imidazole rings is 1. The number of aromatic amines is 1. The first-order valence-electron chi connectivity index (χ1n) is 34.3. The highest BCUT2D eigenvalue weighted by atomic mass is 19.3. The molecule has 37 heteroatoms. The Balaban J connectivity index is 0.000000131. The number of fused-ring (bicyclic) bond motifs is 5. The standard InChI is InChI=1S/C26H18F4N6O.C25H17F4N7O.C17H14F2N4O2.C8H7F2N3O/c27-16-3-4-19(28)17(10-16)22-2-1-6-35(22)24-5-7-36-25(34-24)18(13-32-36)21-9-14-8-15(12-31)23(37-26(29)30)11-20(14)33-21;26-14-3-4-17(27)15(9-14)20-2-1-6-35(20)22-5-7-36-24(34-22)16(12-31-36)23-32-18-8-13(11-30)21(37-25(28)29)10-19(18)33-23;18-10-3-4-13(19)11(8-10)14-2-1-6-22(14)15-5-7-23-16(21-15)12(9-20-23)17(24)25;9-8(10)14-7-2-6(13)5(12)1-4(7)3-11/h3-5,7-8,10-11,13,22,26H,1-2,6,9H2;3-5,7-10,12,20,25H,1-2,6H2,(H,32,33);3-5,7-9,14H,1-2,6H2,(H,24,25);1-2,8H,12-13H2/t22-;20-;14-;/m111./s1. The second kappa shape index (κ2) is 31.8. The number of benzene rings is 6. The lowest BCUT2D eigenvalue weighted by molar-refractivity contribution is -0.0506. The van der Waals surface area contributed by atoms with Crippen molar-refractivity contribution < 1.29 is 76.8 Å². The number of nitriles is 3. The summed E-state index contributed by atoms with van der Waals surface area (Å²) >= 11 is 0. The number of alkyl halides is 6. The van der Waals surface area contributed by atoms with Gasteiger partial charge in [-0.05, 0) is 135 Å². The van der Waals surface area contributed by atoms with Gasteiger partial charge in [0.05, 0.1) is 98.3 Å². The number of rotatable bonds is 15. The fraction of sp³-hybridized carbons (Fsp3) is 0.211. The van der Waals surface area contributed by atoms with Crippen LogP contribution in [0, 0.1) is 68.9 Å². The molecule has 4 aliphatic heterocycles. The summed E-state index contributed by atoms with van der Waals surface area (Å²) in [6, 6.07) is 27.6. The number of hydrogen-bond acceptors (Lipinski definition) is 20. The van der Waals surface area contributed by atoms with Gasteiger partial charge in [-0.15, -0.1) is 0 Å². The first-order chi connectivity index (χ1) is 54.4. The maximum absolute atomic E-state index is 14.6. The number of nitrogen functional groups attached to an aromatic ring is 2. The molecule has 0 spiro atoms. The molecule has 6 N–H and O–H groups in total.